The molecule has 10 nitrogen and oxygen atoms in total. The zero-order chi connectivity index (χ0) is 28.3. The number of aromatic nitrogens is 3. The third-order valence-electron chi connectivity index (χ3n) is 7.51. The number of fused-ring (bicyclic) bond motifs is 1. The molecule has 3 N–H and O–H groups in total. The summed E-state index contributed by atoms with van der Waals surface area (Å²) in [6.07, 6.45) is 1.04. The SMILES string of the molecule is Cc1c(=O)n(C)c(Nc2ccc(I)cc2F)c2c(=O)n(C3CC3)c(=O)n(-c3cccc(N[C@H]4CO[C@H]4CO)c3)c12. The lowest BCUT2D eigenvalue weighted by atomic mass is 10.1. The van der Waals surface area contributed by atoms with Crippen molar-refractivity contribution in [2.75, 3.05) is 23.8 Å². The van der Waals surface area contributed by atoms with Gasteiger partial charge in [-0.05, 0) is 78.8 Å². The number of anilines is 3. The normalized spacial score (nSPS) is 18.5. The Bertz CT molecular complexity index is 1840. The van der Waals surface area contributed by atoms with E-state index in [-0.39, 0.29) is 52.8 Å². The minimum absolute atomic E-state index is 0.0946. The summed E-state index contributed by atoms with van der Waals surface area (Å²) >= 11 is 2.00. The Morgan fingerprint density at radius 3 is 2.55 bits per heavy atom. The van der Waals surface area contributed by atoms with Gasteiger partial charge >= 0.3 is 5.69 Å². The first-order valence-corrected chi connectivity index (χ1v) is 14.0. The second kappa shape index (κ2) is 10.2. The topological polar surface area (TPSA) is 120 Å². The number of aliphatic hydroxyl groups excluding tert-OH is 1. The van der Waals surface area contributed by atoms with Crippen LogP contribution < -0.4 is 27.4 Å². The fourth-order valence-corrected chi connectivity index (χ4v) is 5.62. The highest BCUT2D eigenvalue weighted by Crippen LogP contribution is 2.34. The number of hydrogen-bond acceptors (Lipinski definition) is 7. The molecule has 1 saturated heterocycles. The van der Waals surface area contributed by atoms with Gasteiger partial charge in [0.2, 0.25) is 0 Å². The Labute approximate surface area is 241 Å². The van der Waals surface area contributed by atoms with Crippen LogP contribution in [0, 0.1) is 16.3 Å². The van der Waals surface area contributed by atoms with Gasteiger partial charge in [0.25, 0.3) is 11.1 Å². The maximum Gasteiger partial charge on any atom is 0.336 e. The van der Waals surface area contributed by atoms with Crippen LogP contribution in [0.15, 0.2) is 56.8 Å². The summed E-state index contributed by atoms with van der Waals surface area (Å²) in [5.74, 6) is -0.436. The smallest absolute Gasteiger partial charge is 0.336 e. The van der Waals surface area contributed by atoms with Gasteiger partial charge in [0.15, 0.2) is 0 Å². The van der Waals surface area contributed by atoms with E-state index in [4.69, 9.17) is 4.74 Å². The minimum atomic E-state index is -0.542. The van der Waals surface area contributed by atoms with E-state index >= 15 is 0 Å². The number of nitrogens with zero attached hydrogens (tertiary/aromatic N) is 3. The molecule has 4 aromatic rings. The monoisotopic (exact) mass is 659 g/mol. The maximum absolute atomic E-state index is 14.9. The summed E-state index contributed by atoms with van der Waals surface area (Å²) in [5.41, 5.74) is 0.132. The van der Waals surface area contributed by atoms with E-state index in [1.165, 1.54) is 26.8 Å². The molecular weight excluding hydrogens is 632 g/mol. The third-order valence-corrected chi connectivity index (χ3v) is 8.19. The molecule has 2 aromatic carbocycles. The second-order valence-corrected chi connectivity index (χ2v) is 11.4. The van der Waals surface area contributed by atoms with E-state index in [0.717, 1.165) is 0 Å². The van der Waals surface area contributed by atoms with Crippen molar-refractivity contribution in [1.82, 2.24) is 13.7 Å². The summed E-state index contributed by atoms with van der Waals surface area (Å²) in [7, 11) is 1.51. The first-order valence-electron chi connectivity index (χ1n) is 12.9. The summed E-state index contributed by atoms with van der Waals surface area (Å²) in [6.45, 7) is 1.90. The van der Waals surface area contributed by atoms with Crippen LogP contribution in [0.25, 0.3) is 16.6 Å². The third kappa shape index (κ3) is 4.43. The van der Waals surface area contributed by atoms with Gasteiger partial charge in [0, 0.05) is 27.9 Å². The molecule has 2 atom stereocenters. The molecule has 2 fully saturated rings. The Hall–Kier alpha value is -3.49. The molecule has 208 valence electrons. The van der Waals surface area contributed by atoms with E-state index in [9.17, 15) is 23.9 Å². The molecule has 6 rings (SSSR count). The van der Waals surface area contributed by atoms with E-state index in [0.29, 0.717) is 34.4 Å². The van der Waals surface area contributed by atoms with Gasteiger partial charge in [-0.3, -0.25) is 23.3 Å². The van der Waals surface area contributed by atoms with E-state index < -0.39 is 22.6 Å². The lowest BCUT2D eigenvalue weighted by molar-refractivity contribution is -0.0895. The zero-order valence-electron chi connectivity index (χ0n) is 21.8. The Kier molecular flexibility index (Phi) is 6.79. The standard InChI is InChI=1S/C28H27FIN5O5/c1-14-24-23(25(33(2)26(14)37)32-20-9-6-15(30)10-19(20)29)27(38)35(17-7-8-17)28(39)34(24)18-5-3-4-16(11-18)31-21-13-40-22(21)12-36/h3-6,9-11,17,21-22,31-32,36H,7-8,12-13H2,1-2H3/t21-,22-/m0/s1. The van der Waals surface area contributed by atoms with E-state index in [2.05, 4.69) is 10.6 Å². The van der Waals surface area contributed by atoms with Crippen LogP contribution >= 0.6 is 22.6 Å². The van der Waals surface area contributed by atoms with Gasteiger partial charge in [-0.15, -0.1) is 0 Å². The molecule has 1 aliphatic heterocycles. The number of pyridine rings is 1. The molecule has 3 heterocycles. The summed E-state index contributed by atoms with van der Waals surface area (Å²) in [6, 6.07) is 11.4. The average Bonchev–Trinajstić information content (AvgIpc) is 3.75. The molecule has 2 aliphatic rings. The van der Waals surface area contributed by atoms with Crippen LogP contribution in [0.4, 0.5) is 21.6 Å². The minimum Gasteiger partial charge on any atom is -0.394 e. The van der Waals surface area contributed by atoms with Crippen molar-refractivity contribution in [2.24, 2.45) is 7.05 Å². The van der Waals surface area contributed by atoms with Gasteiger partial charge in [-0.1, -0.05) is 6.07 Å². The second-order valence-electron chi connectivity index (χ2n) is 10.2. The van der Waals surface area contributed by atoms with Gasteiger partial charge in [0.05, 0.1) is 36.1 Å². The fourth-order valence-electron chi connectivity index (χ4n) is 5.17. The number of nitrogens with one attached hydrogen (secondary N) is 2. The van der Waals surface area contributed by atoms with Crippen molar-refractivity contribution >= 4 is 50.7 Å². The largest absolute Gasteiger partial charge is 0.394 e. The molecule has 0 bridgehead atoms. The summed E-state index contributed by atoms with van der Waals surface area (Å²) in [5, 5.41) is 15.9. The Balaban J connectivity index is 1.62. The lowest BCUT2D eigenvalue weighted by Crippen LogP contribution is -2.52. The van der Waals surface area contributed by atoms with Crippen molar-refractivity contribution < 1.29 is 14.2 Å². The number of aryl methyl sites for hydroxylation is 1. The molecule has 12 heteroatoms. The van der Waals surface area contributed by atoms with Crippen LogP contribution in [0.1, 0.15) is 24.4 Å². The maximum atomic E-state index is 14.9. The molecule has 1 aliphatic carbocycles. The van der Waals surface area contributed by atoms with E-state index in [1.807, 2.05) is 28.7 Å². The van der Waals surface area contributed by atoms with Crippen molar-refractivity contribution in [3.63, 3.8) is 0 Å². The average molecular weight is 659 g/mol. The first kappa shape index (κ1) is 26.7. The molecular formula is C28H27FIN5O5. The van der Waals surface area contributed by atoms with Crippen molar-refractivity contribution in [3.8, 4) is 5.69 Å². The number of rotatable bonds is 7. The highest BCUT2D eigenvalue weighted by Gasteiger charge is 2.33. The highest BCUT2D eigenvalue weighted by atomic mass is 127. The summed E-state index contributed by atoms with van der Waals surface area (Å²) < 4.78 is 24.9. The molecule has 40 heavy (non-hydrogen) atoms. The predicted molar refractivity (Wildman–Crippen MR) is 159 cm³/mol. The van der Waals surface area contributed by atoms with Gasteiger partial charge in [0.1, 0.15) is 23.1 Å². The number of benzene rings is 2. The van der Waals surface area contributed by atoms with Gasteiger partial charge < -0.3 is 20.5 Å². The van der Waals surface area contributed by atoms with E-state index in [1.54, 1.807) is 37.3 Å². The number of halogens is 2. The zero-order valence-corrected chi connectivity index (χ0v) is 23.9. The highest BCUT2D eigenvalue weighted by molar-refractivity contribution is 14.1. The van der Waals surface area contributed by atoms with Crippen LogP contribution in [-0.2, 0) is 11.8 Å². The molecule has 1 saturated carbocycles. The van der Waals surface area contributed by atoms with Crippen molar-refractivity contribution in [1.29, 1.82) is 0 Å². The lowest BCUT2D eigenvalue weighted by Gasteiger charge is -2.36. The molecule has 0 amide bonds. The first-order chi connectivity index (χ1) is 19.2. The molecule has 0 unspecified atom stereocenters. The van der Waals surface area contributed by atoms with Crippen molar-refractivity contribution in [3.05, 3.63) is 88.6 Å². The number of ether oxygens (including phenoxy) is 1. The van der Waals surface area contributed by atoms with Gasteiger partial charge in [-0.2, -0.15) is 0 Å². The Morgan fingerprint density at radius 1 is 1.12 bits per heavy atom. The van der Waals surface area contributed by atoms with Crippen LogP contribution in [0.5, 0.6) is 0 Å². The molecule has 0 radical (unpaired) electrons. The fraction of sp³-hybridized carbons (Fsp3) is 0.321. The van der Waals surface area contributed by atoms with Crippen LogP contribution in [0.2, 0.25) is 0 Å². The van der Waals surface area contributed by atoms with Crippen molar-refractivity contribution in [2.45, 2.75) is 38.0 Å². The quantitative estimate of drug-likeness (QED) is 0.261. The number of aliphatic hydroxyl groups is 1. The predicted octanol–water partition coefficient (Wildman–Crippen LogP) is 3.15. The number of hydrogen-bond donors (Lipinski definition) is 3. The van der Waals surface area contributed by atoms with Crippen LogP contribution in [0.3, 0.4) is 0 Å². The Morgan fingerprint density at radius 2 is 1.90 bits per heavy atom. The van der Waals surface area contributed by atoms with Gasteiger partial charge in [-0.25, -0.2) is 9.18 Å². The molecule has 2 aromatic heterocycles. The summed E-state index contributed by atoms with van der Waals surface area (Å²) in [4.78, 5) is 41.4. The van der Waals surface area contributed by atoms with Crippen LogP contribution in [-0.4, -0.2) is 44.2 Å². The molecule has 0 spiro atoms.